The number of benzene rings is 1. The second kappa shape index (κ2) is 5.54. The average molecular weight is 222 g/mol. The highest BCUT2D eigenvalue weighted by Gasteiger charge is 2.10. The van der Waals surface area contributed by atoms with Crippen molar-refractivity contribution >= 4 is 5.78 Å². The van der Waals surface area contributed by atoms with Crippen LogP contribution < -0.4 is 9.47 Å². The third kappa shape index (κ3) is 2.99. The molecule has 3 heteroatoms. The number of ether oxygens (including phenoxy) is 2. The first-order valence-corrected chi connectivity index (χ1v) is 5.46. The number of carbonyl (C=O) groups excluding carboxylic acids is 1. The van der Waals surface area contributed by atoms with Gasteiger partial charge in [-0.15, -0.1) is 0 Å². The van der Waals surface area contributed by atoms with Crippen LogP contribution in [0.1, 0.15) is 37.6 Å². The molecule has 88 valence electrons. The Morgan fingerprint density at radius 3 is 2.50 bits per heavy atom. The van der Waals surface area contributed by atoms with Gasteiger partial charge in [0.05, 0.1) is 13.2 Å². The van der Waals surface area contributed by atoms with E-state index in [1.807, 2.05) is 20.8 Å². The van der Waals surface area contributed by atoms with Crippen molar-refractivity contribution in [3.8, 4) is 11.5 Å². The summed E-state index contributed by atoms with van der Waals surface area (Å²) >= 11 is 0. The highest BCUT2D eigenvalue weighted by atomic mass is 16.5. The fraction of sp³-hybridized carbons (Fsp3) is 0.462. The van der Waals surface area contributed by atoms with Gasteiger partial charge in [0.2, 0.25) is 0 Å². The van der Waals surface area contributed by atoms with Gasteiger partial charge in [0.1, 0.15) is 0 Å². The molecule has 0 aliphatic rings. The second-order valence-corrected chi connectivity index (χ2v) is 3.81. The molecular weight excluding hydrogens is 204 g/mol. The van der Waals surface area contributed by atoms with Gasteiger partial charge >= 0.3 is 0 Å². The number of hydrogen-bond acceptors (Lipinski definition) is 3. The van der Waals surface area contributed by atoms with Crippen molar-refractivity contribution in [2.24, 2.45) is 0 Å². The lowest BCUT2D eigenvalue weighted by atomic mass is 10.1. The molecule has 0 heterocycles. The maximum atomic E-state index is 11.6. The van der Waals surface area contributed by atoms with E-state index in [-0.39, 0.29) is 11.9 Å². The molecule has 0 aliphatic carbocycles. The molecule has 0 bridgehead atoms. The highest BCUT2D eigenvalue weighted by Crippen LogP contribution is 2.29. The first-order valence-electron chi connectivity index (χ1n) is 5.46. The largest absolute Gasteiger partial charge is 0.493 e. The van der Waals surface area contributed by atoms with E-state index in [9.17, 15) is 4.79 Å². The first-order chi connectivity index (χ1) is 7.58. The SMILES string of the molecule is CCC(=O)c1ccc(OC)c(OC(C)C)c1. The van der Waals surface area contributed by atoms with E-state index < -0.39 is 0 Å². The van der Waals surface area contributed by atoms with Crippen molar-refractivity contribution in [3.63, 3.8) is 0 Å². The van der Waals surface area contributed by atoms with Crippen LogP contribution in [-0.4, -0.2) is 19.0 Å². The van der Waals surface area contributed by atoms with Crippen molar-refractivity contribution in [2.75, 3.05) is 7.11 Å². The topological polar surface area (TPSA) is 35.5 Å². The Morgan fingerprint density at radius 2 is 2.00 bits per heavy atom. The van der Waals surface area contributed by atoms with E-state index in [1.54, 1.807) is 25.3 Å². The fourth-order valence-corrected chi connectivity index (χ4v) is 1.40. The Kier molecular flexibility index (Phi) is 4.35. The molecule has 0 aromatic heterocycles. The van der Waals surface area contributed by atoms with Crippen LogP contribution in [0.25, 0.3) is 0 Å². The third-order valence-electron chi connectivity index (χ3n) is 2.17. The van der Waals surface area contributed by atoms with Gasteiger partial charge in [0.25, 0.3) is 0 Å². The summed E-state index contributed by atoms with van der Waals surface area (Å²) < 4.78 is 10.8. The number of hydrogen-bond donors (Lipinski definition) is 0. The molecule has 1 rings (SSSR count). The van der Waals surface area contributed by atoms with Crippen molar-refractivity contribution in [2.45, 2.75) is 33.3 Å². The van der Waals surface area contributed by atoms with E-state index in [0.717, 1.165) is 0 Å². The van der Waals surface area contributed by atoms with Gasteiger partial charge in [-0.2, -0.15) is 0 Å². The summed E-state index contributed by atoms with van der Waals surface area (Å²) in [5.74, 6) is 1.38. The smallest absolute Gasteiger partial charge is 0.162 e. The number of rotatable bonds is 5. The summed E-state index contributed by atoms with van der Waals surface area (Å²) in [5, 5.41) is 0. The van der Waals surface area contributed by atoms with E-state index in [2.05, 4.69) is 0 Å². The molecule has 0 spiro atoms. The van der Waals surface area contributed by atoms with E-state index in [0.29, 0.717) is 23.5 Å². The molecule has 3 nitrogen and oxygen atoms in total. The van der Waals surface area contributed by atoms with Gasteiger partial charge in [-0.05, 0) is 32.0 Å². The van der Waals surface area contributed by atoms with Gasteiger partial charge in [0, 0.05) is 12.0 Å². The molecule has 1 aromatic rings. The van der Waals surface area contributed by atoms with Crippen LogP contribution in [0, 0.1) is 0 Å². The summed E-state index contributed by atoms with van der Waals surface area (Å²) in [4.78, 5) is 11.6. The van der Waals surface area contributed by atoms with Crippen LogP contribution in [0.15, 0.2) is 18.2 Å². The molecular formula is C13H18O3. The van der Waals surface area contributed by atoms with Crippen molar-refractivity contribution in [1.29, 1.82) is 0 Å². The molecule has 0 saturated heterocycles. The van der Waals surface area contributed by atoms with Gasteiger partial charge in [-0.1, -0.05) is 6.92 Å². The lowest BCUT2D eigenvalue weighted by Gasteiger charge is -2.14. The third-order valence-corrected chi connectivity index (χ3v) is 2.17. The van der Waals surface area contributed by atoms with Gasteiger partial charge < -0.3 is 9.47 Å². The predicted molar refractivity (Wildman–Crippen MR) is 63.4 cm³/mol. The number of methoxy groups -OCH3 is 1. The fourth-order valence-electron chi connectivity index (χ4n) is 1.40. The van der Waals surface area contributed by atoms with Crippen LogP contribution in [0.5, 0.6) is 11.5 Å². The molecule has 0 saturated carbocycles. The highest BCUT2D eigenvalue weighted by molar-refractivity contribution is 5.96. The molecule has 1 aromatic carbocycles. The number of ketones is 1. The Hall–Kier alpha value is -1.51. The molecule has 0 N–H and O–H groups in total. The second-order valence-electron chi connectivity index (χ2n) is 3.81. The summed E-state index contributed by atoms with van der Waals surface area (Å²) in [7, 11) is 1.59. The van der Waals surface area contributed by atoms with Crippen LogP contribution in [0.2, 0.25) is 0 Å². The summed E-state index contributed by atoms with van der Waals surface area (Å²) in [6, 6.07) is 5.27. The molecule has 0 atom stereocenters. The molecule has 0 radical (unpaired) electrons. The maximum Gasteiger partial charge on any atom is 0.162 e. The van der Waals surface area contributed by atoms with Gasteiger partial charge in [0.15, 0.2) is 17.3 Å². The lowest BCUT2D eigenvalue weighted by Crippen LogP contribution is -2.08. The van der Waals surface area contributed by atoms with Crippen molar-refractivity contribution in [3.05, 3.63) is 23.8 Å². The zero-order chi connectivity index (χ0) is 12.1. The summed E-state index contributed by atoms with van der Waals surface area (Å²) in [6.45, 7) is 5.72. The normalized spacial score (nSPS) is 10.3. The minimum Gasteiger partial charge on any atom is -0.493 e. The van der Waals surface area contributed by atoms with Crippen LogP contribution >= 0.6 is 0 Å². The zero-order valence-electron chi connectivity index (χ0n) is 10.2. The van der Waals surface area contributed by atoms with Gasteiger partial charge in [-0.3, -0.25) is 4.79 Å². The quantitative estimate of drug-likeness (QED) is 0.718. The minimum absolute atomic E-state index is 0.0564. The predicted octanol–water partition coefficient (Wildman–Crippen LogP) is 3.08. The van der Waals surface area contributed by atoms with Gasteiger partial charge in [-0.25, -0.2) is 0 Å². The lowest BCUT2D eigenvalue weighted by molar-refractivity contribution is 0.0987. The molecule has 0 fully saturated rings. The summed E-state index contributed by atoms with van der Waals surface area (Å²) in [5.41, 5.74) is 0.666. The van der Waals surface area contributed by atoms with E-state index >= 15 is 0 Å². The Labute approximate surface area is 96.4 Å². The number of carbonyl (C=O) groups is 1. The van der Waals surface area contributed by atoms with Crippen LogP contribution in [0.4, 0.5) is 0 Å². The molecule has 0 unspecified atom stereocenters. The monoisotopic (exact) mass is 222 g/mol. The summed E-state index contributed by atoms with van der Waals surface area (Å²) in [6.07, 6.45) is 0.550. The number of Topliss-reactive ketones (excluding diaryl/α,β-unsaturated/α-hetero) is 1. The maximum absolute atomic E-state index is 11.6. The average Bonchev–Trinajstić information content (AvgIpc) is 2.27. The molecule has 0 amide bonds. The standard InChI is InChI=1S/C13H18O3/c1-5-11(14)10-6-7-12(15-4)13(8-10)16-9(2)3/h6-9H,5H2,1-4H3. The Balaban J connectivity index is 3.05. The van der Waals surface area contributed by atoms with Crippen LogP contribution in [-0.2, 0) is 0 Å². The van der Waals surface area contributed by atoms with Crippen LogP contribution in [0.3, 0.4) is 0 Å². The minimum atomic E-state index is 0.0564. The van der Waals surface area contributed by atoms with Crippen molar-refractivity contribution < 1.29 is 14.3 Å². The van der Waals surface area contributed by atoms with Crippen molar-refractivity contribution in [1.82, 2.24) is 0 Å². The molecule has 16 heavy (non-hydrogen) atoms. The molecule has 0 aliphatic heterocycles. The Bertz CT molecular complexity index is 369. The van der Waals surface area contributed by atoms with E-state index in [1.165, 1.54) is 0 Å². The zero-order valence-corrected chi connectivity index (χ0v) is 10.2. The van der Waals surface area contributed by atoms with E-state index in [4.69, 9.17) is 9.47 Å². The first kappa shape index (κ1) is 12.6. The Morgan fingerprint density at radius 1 is 1.31 bits per heavy atom.